The monoisotopic (exact) mass is 279 g/mol. The Morgan fingerprint density at radius 3 is 2.63 bits per heavy atom. The second-order valence-electron chi connectivity index (χ2n) is 3.90. The summed E-state index contributed by atoms with van der Waals surface area (Å²) in [5.74, 6) is -1.60. The Kier molecular flexibility index (Phi) is 3.52. The number of carboxylic acids is 1. The number of primary amides is 1. The highest BCUT2D eigenvalue weighted by Gasteiger charge is 2.09. The third-order valence-electron chi connectivity index (χ3n) is 2.55. The molecule has 0 fully saturated rings. The van der Waals surface area contributed by atoms with Crippen LogP contribution in [-0.2, 0) is 6.54 Å². The van der Waals surface area contributed by atoms with Crippen molar-refractivity contribution in [2.24, 2.45) is 5.73 Å². The van der Waals surface area contributed by atoms with E-state index in [1.54, 1.807) is 12.1 Å². The minimum atomic E-state index is -1.04. The standard InChI is InChI=1S/C12H10ClN3O3/c13-10-3-7(11(14)17)1-2-8(10)5-16-6-9(4-15-16)12(18)19/h1-4,6H,5H2,(H2,14,17)(H,18,19). The predicted octanol–water partition coefficient (Wildman–Crippen LogP) is 1.38. The van der Waals surface area contributed by atoms with Crippen molar-refractivity contribution in [3.05, 3.63) is 52.3 Å². The van der Waals surface area contributed by atoms with Gasteiger partial charge in [-0.3, -0.25) is 9.48 Å². The van der Waals surface area contributed by atoms with Crippen molar-refractivity contribution in [2.75, 3.05) is 0 Å². The highest BCUT2D eigenvalue weighted by Crippen LogP contribution is 2.19. The topological polar surface area (TPSA) is 98.2 Å². The Hall–Kier alpha value is -2.34. The third kappa shape index (κ3) is 2.92. The summed E-state index contributed by atoms with van der Waals surface area (Å²) in [5.41, 5.74) is 6.28. The van der Waals surface area contributed by atoms with E-state index >= 15 is 0 Å². The van der Waals surface area contributed by atoms with Crippen LogP contribution in [0.1, 0.15) is 26.3 Å². The first-order chi connectivity index (χ1) is 8.97. The average molecular weight is 280 g/mol. The number of aromatic carboxylic acids is 1. The fraction of sp³-hybridized carbons (Fsp3) is 0.0833. The normalized spacial score (nSPS) is 10.4. The lowest BCUT2D eigenvalue weighted by atomic mass is 10.1. The van der Waals surface area contributed by atoms with Crippen LogP contribution in [0.15, 0.2) is 30.6 Å². The lowest BCUT2D eigenvalue weighted by Crippen LogP contribution is -2.11. The van der Waals surface area contributed by atoms with Crippen molar-refractivity contribution in [1.29, 1.82) is 0 Å². The minimum absolute atomic E-state index is 0.102. The Labute approximate surface area is 113 Å². The predicted molar refractivity (Wildman–Crippen MR) is 68.3 cm³/mol. The Balaban J connectivity index is 2.23. The lowest BCUT2D eigenvalue weighted by Gasteiger charge is -2.05. The Morgan fingerprint density at radius 2 is 2.11 bits per heavy atom. The number of hydrogen-bond donors (Lipinski definition) is 2. The molecular formula is C12H10ClN3O3. The van der Waals surface area contributed by atoms with Gasteiger partial charge in [0.15, 0.2) is 0 Å². The number of benzene rings is 1. The fourth-order valence-corrected chi connectivity index (χ4v) is 1.80. The van der Waals surface area contributed by atoms with E-state index < -0.39 is 11.9 Å². The number of hydrogen-bond acceptors (Lipinski definition) is 3. The molecular weight excluding hydrogens is 270 g/mol. The number of halogens is 1. The molecule has 0 unspecified atom stereocenters. The largest absolute Gasteiger partial charge is 0.478 e. The number of carboxylic acid groups (broad SMARTS) is 1. The van der Waals surface area contributed by atoms with Crippen LogP contribution in [0, 0.1) is 0 Å². The summed E-state index contributed by atoms with van der Waals surface area (Å²) in [6.07, 6.45) is 2.66. The highest BCUT2D eigenvalue weighted by atomic mass is 35.5. The van der Waals surface area contributed by atoms with Crippen LogP contribution in [0.25, 0.3) is 0 Å². The van der Waals surface area contributed by atoms with Crippen LogP contribution in [0.3, 0.4) is 0 Å². The molecule has 3 N–H and O–H groups in total. The molecule has 0 saturated heterocycles. The van der Waals surface area contributed by atoms with Crippen LogP contribution in [0.5, 0.6) is 0 Å². The maximum absolute atomic E-state index is 11.0. The molecule has 7 heteroatoms. The summed E-state index contributed by atoms with van der Waals surface area (Å²) < 4.78 is 1.45. The summed E-state index contributed by atoms with van der Waals surface area (Å²) >= 11 is 6.03. The van der Waals surface area contributed by atoms with Gasteiger partial charge in [-0.15, -0.1) is 0 Å². The number of nitrogens with zero attached hydrogens (tertiary/aromatic N) is 2. The van der Waals surface area contributed by atoms with Crippen molar-refractivity contribution in [2.45, 2.75) is 6.54 Å². The van der Waals surface area contributed by atoms with Crippen LogP contribution >= 0.6 is 11.6 Å². The average Bonchev–Trinajstić information content (AvgIpc) is 2.80. The minimum Gasteiger partial charge on any atom is -0.478 e. The number of aromatic nitrogens is 2. The van der Waals surface area contributed by atoms with Crippen molar-refractivity contribution in [3.8, 4) is 0 Å². The van der Waals surface area contributed by atoms with Crippen molar-refractivity contribution in [3.63, 3.8) is 0 Å². The first-order valence-corrected chi connectivity index (χ1v) is 5.69. The van der Waals surface area contributed by atoms with Gasteiger partial charge in [0, 0.05) is 16.8 Å². The molecule has 2 rings (SSSR count). The van der Waals surface area contributed by atoms with Crippen LogP contribution in [0.2, 0.25) is 5.02 Å². The number of amides is 1. The Bertz CT molecular complexity index is 651. The van der Waals surface area contributed by atoms with E-state index in [9.17, 15) is 9.59 Å². The van der Waals surface area contributed by atoms with Crippen molar-refractivity contribution in [1.82, 2.24) is 9.78 Å². The Morgan fingerprint density at radius 1 is 1.37 bits per heavy atom. The first-order valence-electron chi connectivity index (χ1n) is 5.31. The van der Waals surface area contributed by atoms with Gasteiger partial charge in [-0.1, -0.05) is 17.7 Å². The second-order valence-corrected chi connectivity index (χ2v) is 4.31. The van der Waals surface area contributed by atoms with Crippen molar-refractivity contribution < 1.29 is 14.7 Å². The maximum atomic E-state index is 11.0. The summed E-state index contributed by atoms with van der Waals surface area (Å²) in [5, 5.41) is 13.1. The van der Waals surface area contributed by atoms with Crippen LogP contribution in [0.4, 0.5) is 0 Å². The van der Waals surface area contributed by atoms with E-state index in [4.69, 9.17) is 22.4 Å². The molecule has 19 heavy (non-hydrogen) atoms. The summed E-state index contributed by atoms with van der Waals surface area (Å²) in [6.45, 7) is 0.311. The fourth-order valence-electron chi connectivity index (χ4n) is 1.56. The van der Waals surface area contributed by atoms with E-state index in [0.29, 0.717) is 22.7 Å². The molecule has 0 aliphatic carbocycles. The van der Waals surface area contributed by atoms with Crippen molar-refractivity contribution >= 4 is 23.5 Å². The van der Waals surface area contributed by atoms with Gasteiger partial charge in [-0.25, -0.2) is 4.79 Å². The van der Waals surface area contributed by atoms with E-state index in [0.717, 1.165) is 0 Å². The molecule has 1 heterocycles. The highest BCUT2D eigenvalue weighted by molar-refractivity contribution is 6.31. The summed E-state index contributed by atoms with van der Waals surface area (Å²) in [7, 11) is 0. The number of carbonyl (C=O) groups is 2. The van der Waals surface area contributed by atoms with Gasteiger partial charge in [-0.05, 0) is 17.7 Å². The molecule has 1 aromatic heterocycles. The SMILES string of the molecule is NC(=O)c1ccc(Cn2cc(C(=O)O)cn2)c(Cl)c1. The van der Waals surface area contributed by atoms with E-state index in [1.807, 2.05) is 0 Å². The van der Waals surface area contributed by atoms with Gasteiger partial charge in [0.25, 0.3) is 0 Å². The molecule has 0 saturated carbocycles. The molecule has 1 amide bonds. The van der Waals surface area contributed by atoms with E-state index in [2.05, 4.69) is 5.10 Å². The molecule has 1 aromatic carbocycles. The van der Waals surface area contributed by atoms with Gasteiger partial charge < -0.3 is 10.8 Å². The van der Waals surface area contributed by atoms with Crippen LogP contribution < -0.4 is 5.73 Å². The molecule has 0 atom stereocenters. The zero-order valence-electron chi connectivity index (χ0n) is 9.71. The summed E-state index contributed by atoms with van der Waals surface area (Å²) in [4.78, 5) is 21.7. The quantitative estimate of drug-likeness (QED) is 0.883. The first kappa shape index (κ1) is 13.1. The zero-order chi connectivity index (χ0) is 14.0. The molecule has 0 aliphatic rings. The van der Waals surface area contributed by atoms with Crippen LogP contribution in [-0.4, -0.2) is 26.8 Å². The second kappa shape index (κ2) is 5.11. The van der Waals surface area contributed by atoms with Gasteiger partial charge >= 0.3 is 5.97 Å². The molecule has 0 aliphatic heterocycles. The molecule has 0 bridgehead atoms. The van der Waals surface area contributed by atoms with Gasteiger partial charge in [0.1, 0.15) is 0 Å². The van der Waals surface area contributed by atoms with Gasteiger partial charge in [-0.2, -0.15) is 5.10 Å². The lowest BCUT2D eigenvalue weighted by molar-refractivity contribution is 0.0696. The van der Waals surface area contributed by atoms with Gasteiger partial charge in [0.05, 0.1) is 18.3 Å². The number of carbonyl (C=O) groups excluding carboxylic acids is 1. The summed E-state index contributed by atoms with van der Waals surface area (Å²) in [6, 6.07) is 4.69. The molecule has 6 nitrogen and oxygen atoms in total. The molecule has 0 spiro atoms. The third-order valence-corrected chi connectivity index (χ3v) is 2.90. The zero-order valence-corrected chi connectivity index (χ0v) is 10.5. The van der Waals surface area contributed by atoms with E-state index in [-0.39, 0.29) is 5.56 Å². The number of nitrogens with two attached hydrogens (primary N) is 1. The molecule has 2 aromatic rings. The van der Waals surface area contributed by atoms with Gasteiger partial charge in [0.2, 0.25) is 5.91 Å². The molecule has 98 valence electrons. The number of rotatable bonds is 4. The van der Waals surface area contributed by atoms with E-state index in [1.165, 1.54) is 23.1 Å². The smallest absolute Gasteiger partial charge is 0.338 e. The molecule has 0 radical (unpaired) electrons. The maximum Gasteiger partial charge on any atom is 0.338 e.